The zero-order valence-electron chi connectivity index (χ0n) is 24.3. The fourth-order valence-electron chi connectivity index (χ4n) is 7.30. The average molecular weight is 536 g/mol. The number of hydrogen-bond acceptors (Lipinski definition) is 4. The van der Waals surface area contributed by atoms with Crippen molar-refractivity contribution in [2.75, 3.05) is 0 Å². The minimum absolute atomic E-state index is 0.0371. The highest BCUT2D eigenvalue weighted by Gasteiger charge is 2.30. The number of benzene rings is 5. The van der Waals surface area contributed by atoms with Crippen LogP contribution in [-0.4, -0.2) is 20.0 Å². The van der Waals surface area contributed by atoms with Crippen LogP contribution in [0.15, 0.2) is 53.3 Å². The lowest BCUT2D eigenvalue weighted by atomic mass is 9.92. The SMILES string of the molecule is Cc1cc2c3c(=O)n4c5ccc(C(C)(C)C)nc5nc4c3c3cc(OC(C)(C)C)c4ccc5ccc1c1c5c4c3c21. The van der Waals surface area contributed by atoms with Crippen molar-refractivity contribution in [3.63, 3.8) is 0 Å². The zero-order valence-corrected chi connectivity index (χ0v) is 24.3. The molecule has 9 rings (SSSR count). The van der Waals surface area contributed by atoms with Crippen LogP contribution < -0.4 is 10.3 Å². The van der Waals surface area contributed by atoms with Gasteiger partial charge >= 0.3 is 0 Å². The highest BCUT2D eigenvalue weighted by Crippen LogP contribution is 2.53. The van der Waals surface area contributed by atoms with Gasteiger partial charge in [0.2, 0.25) is 0 Å². The summed E-state index contributed by atoms with van der Waals surface area (Å²) in [6.07, 6.45) is 0. The molecule has 3 aromatic heterocycles. The summed E-state index contributed by atoms with van der Waals surface area (Å²) in [7, 11) is 0. The summed E-state index contributed by atoms with van der Waals surface area (Å²) < 4.78 is 8.42. The molecule has 0 unspecified atom stereocenters. The molecule has 0 aliphatic heterocycles. The molecule has 0 bridgehead atoms. The molecule has 0 fully saturated rings. The molecule has 9 aromatic rings. The summed E-state index contributed by atoms with van der Waals surface area (Å²) in [5.74, 6) is 0.833. The lowest BCUT2D eigenvalue weighted by molar-refractivity contribution is 0.133. The van der Waals surface area contributed by atoms with Crippen molar-refractivity contribution in [1.82, 2.24) is 14.4 Å². The molecule has 0 radical (unpaired) electrons. The summed E-state index contributed by atoms with van der Waals surface area (Å²) in [4.78, 5) is 24.4. The van der Waals surface area contributed by atoms with Crippen LogP contribution in [0.4, 0.5) is 0 Å². The molecule has 0 aliphatic rings. The fourth-order valence-corrected chi connectivity index (χ4v) is 7.30. The molecule has 0 atom stereocenters. The minimum atomic E-state index is -0.386. The molecule has 0 amide bonds. The van der Waals surface area contributed by atoms with E-state index in [0.29, 0.717) is 11.3 Å². The highest BCUT2D eigenvalue weighted by atomic mass is 16.5. The Morgan fingerprint density at radius 1 is 0.683 bits per heavy atom. The van der Waals surface area contributed by atoms with Crippen molar-refractivity contribution >= 4 is 81.4 Å². The Kier molecular flexibility index (Phi) is 3.88. The van der Waals surface area contributed by atoms with Gasteiger partial charge in [0.05, 0.1) is 10.9 Å². The van der Waals surface area contributed by atoms with Crippen molar-refractivity contribution in [2.45, 2.75) is 59.5 Å². The first-order valence-electron chi connectivity index (χ1n) is 14.3. The van der Waals surface area contributed by atoms with E-state index < -0.39 is 0 Å². The molecule has 5 heteroatoms. The Bertz CT molecular complexity index is 2600. The Labute approximate surface area is 235 Å². The summed E-state index contributed by atoms with van der Waals surface area (Å²) in [6, 6.07) is 17.2. The minimum Gasteiger partial charge on any atom is -0.487 e. The standard InChI is InChI=1S/C36H29N3O2/c1-16-14-20-28-26-18(16)10-8-17-9-11-19-23(41-36(5,6)7)15-21(29(28)27(19)25(17)26)30-31(20)34(40)39-22-12-13-24(35(2,3)4)37-32(22)38-33(30)39/h8-15H,1-7H3. The first-order valence-corrected chi connectivity index (χ1v) is 14.3. The molecule has 0 spiro atoms. The Morgan fingerprint density at radius 3 is 2.05 bits per heavy atom. The number of hydrogen-bond donors (Lipinski definition) is 0. The molecule has 0 saturated carbocycles. The molecule has 41 heavy (non-hydrogen) atoms. The van der Waals surface area contributed by atoms with Gasteiger partial charge in [-0.25, -0.2) is 9.97 Å². The number of fused-ring (bicyclic) bond motifs is 7. The van der Waals surface area contributed by atoms with Crippen molar-refractivity contribution in [3.05, 3.63) is 70.1 Å². The van der Waals surface area contributed by atoms with E-state index in [0.717, 1.165) is 43.9 Å². The molecule has 0 saturated heterocycles. The first-order chi connectivity index (χ1) is 19.4. The lowest BCUT2D eigenvalue weighted by Crippen LogP contribution is -2.23. The maximum Gasteiger partial charge on any atom is 0.265 e. The summed E-state index contributed by atoms with van der Waals surface area (Å²) >= 11 is 0. The normalized spacial score (nSPS) is 13.8. The number of aromatic nitrogens is 3. The number of aryl methyl sites for hydroxylation is 1. The topological polar surface area (TPSA) is 56.5 Å². The second kappa shape index (κ2) is 6.85. The Balaban J connectivity index is 1.60. The van der Waals surface area contributed by atoms with Crippen molar-refractivity contribution in [2.24, 2.45) is 0 Å². The molecular weight excluding hydrogens is 506 g/mol. The van der Waals surface area contributed by atoms with E-state index in [2.05, 4.69) is 84.9 Å². The van der Waals surface area contributed by atoms with Gasteiger partial charge in [-0.2, -0.15) is 0 Å². The third-order valence-electron chi connectivity index (χ3n) is 8.93. The molecule has 3 heterocycles. The van der Waals surface area contributed by atoms with Crippen LogP contribution >= 0.6 is 0 Å². The molecular formula is C36H29N3O2. The van der Waals surface area contributed by atoms with Crippen molar-refractivity contribution in [1.29, 1.82) is 0 Å². The van der Waals surface area contributed by atoms with Crippen LogP contribution in [0, 0.1) is 6.92 Å². The monoisotopic (exact) mass is 535 g/mol. The van der Waals surface area contributed by atoms with E-state index in [-0.39, 0.29) is 16.6 Å². The number of ether oxygens (including phenoxy) is 1. The Morgan fingerprint density at radius 2 is 1.34 bits per heavy atom. The second-order valence-corrected chi connectivity index (χ2v) is 13.8. The number of nitrogens with zero attached hydrogens (tertiary/aromatic N) is 3. The molecule has 200 valence electrons. The van der Waals surface area contributed by atoms with E-state index in [4.69, 9.17) is 14.7 Å². The zero-order chi connectivity index (χ0) is 28.3. The van der Waals surface area contributed by atoms with Crippen LogP contribution in [0.25, 0.3) is 81.4 Å². The lowest BCUT2D eigenvalue weighted by Gasteiger charge is -2.23. The van der Waals surface area contributed by atoms with E-state index in [1.807, 2.05) is 12.1 Å². The summed E-state index contributed by atoms with van der Waals surface area (Å²) in [6.45, 7) is 14.8. The smallest absolute Gasteiger partial charge is 0.265 e. The van der Waals surface area contributed by atoms with Gasteiger partial charge in [0.1, 0.15) is 11.4 Å². The van der Waals surface area contributed by atoms with Crippen LogP contribution in [0.3, 0.4) is 0 Å². The Hall–Kier alpha value is -4.51. The fraction of sp³-hybridized carbons (Fsp3) is 0.250. The largest absolute Gasteiger partial charge is 0.487 e. The number of rotatable bonds is 1. The van der Waals surface area contributed by atoms with Crippen LogP contribution in [0.2, 0.25) is 0 Å². The van der Waals surface area contributed by atoms with Gasteiger partial charge in [0.15, 0.2) is 11.3 Å². The molecule has 0 aliphatic carbocycles. The predicted molar refractivity (Wildman–Crippen MR) is 170 cm³/mol. The van der Waals surface area contributed by atoms with E-state index >= 15 is 0 Å². The van der Waals surface area contributed by atoms with Crippen LogP contribution in [0.5, 0.6) is 5.75 Å². The average Bonchev–Trinajstić information content (AvgIpc) is 3.54. The van der Waals surface area contributed by atoms with Gasteiger partial charge in [-0.15, -0.1) is 0 Å². The van der Waals surface area contributed by atoms with Crippen LogP contribution in [-0.2, 0) is 5.41 Å². The van der Waals surface area contributed by atoms with Gasteiger partial charge in [-0.3, -0.25) is 9.20 Å². The third-order valence-corrected chi connectivity index (χ3v) is 8.93. The predicted octanol–water partition coefficient (Wildman–Crippen LogP) is 8.70. The quantitative estimate of drug-likeness (QED) is 0.197. The number of imidazole rings is 1. The van der Waals surface area contributed by atoms with Crippen molar-refractivity contribution in [3.8, 4) is 5.75 Å². The van der Waals surface area contributed by atoms with Crippen LogP contribution in [0.1, 0.15) is 52.8 Å². The van der Waals surface area contributed by atoms with Crippen molar-refractivity contribution < 1.29 is 4.74 Å². The summed E-state index contributed by atoms with van der Waals surface area (Å²) in [5.41, 5.74) is 3.61. The highest BCUT2D eigenvalue weighted by molar-refractivity contribution is 6.49. The first kappa shape index (κ1) is 23.2. The van der Waals surface area contributed by atoms with E-state index in [1.54, 1.807) is 4.40 Å². The van der Waals surface area contributed by atoms with Gasteiger partial charge in [-0.1, -0.05) is 39.0 Å². The maximum atomic E-state index is 14.5. The van der Waals surface area contributed by atoms with E-state index in [1.165, 1.54) is 43.3 Å². The summed E-state index contributed by atoms with van der Waals surface area (Å²) in [5, 5.41) is 13.3. The third kappa shape index (κ3) is 2.70. The molecule has 5 nitrogen and oxygen atoms in total. The van der Waals surface area contributed by atoms with Gasteiger partial charge in [0, 0.05) is 27.3 Å². The van der Waals surface area contributed by atoms with Gasteiger partial charge in [0.25, 0.3) is 5.56 Å². The second-order valence-electron chi connectivity index (χ2n) is 13.8. The molecule has 6 aromatic carbocycles. The maximum absolute atomic E-state index is 14.5. The molecule has 0 N–H and O–H groups in total. The van der Waals surface area contributed by atoms with E-state index in [9.17, 15) is 4.79 Å². The number of pyridine rings is 1. The van der Waals surface area contributed by atoms with Gasteiger partial charge < -0.3 is 4.74 Å². The van der Waals surface area contributed by atoms with Gasteiger partial charge in [-0.05, 0) is 107 Å².